The number of hydrogen-bond donors (Lipinski definition) is 0. The molecule has 0 N–H and O–H groups in total. The Morgan fingerprint density at radius 2 is 2.30 bits per heavy atom. The Kier molecular flexibility index (Phi) is 3.96. The van der Waals surface area contributed by atoms with E-state index in [0.29, 0.717) is 31.2 Å². The third-order valence-electron chi connectivity index (χ3n) is 3.82. The summed E-state index contributed by atoms with van der Waals surface area (Å²) >= 11 is 6.11. The molecule has 4 nitrogen and oxygen atoms in total. The average molecular weight is 296 g/mol. The van der Waals surface area contributed by atoms with E-state index in [1.165, 1.54) is 0 Å². The molecule has 2 aliphatic rings. The van der Waals surface area contributed by atoms with E-state index in [-0.39, 0.29) is 11.9 Å². The standard InChI is InChI=1S/C15H18ClNO3/c1-17-3-5-19-14(9-17)13(18)8-11-7-12(16)6-10-2-4-20-15(10)11/h6-7,14H,2-5,8-9H2,1H3. The van der Waals surface area contributed by atoms with Crippen molar-refractivity contribution in [2.75, 3.05) is 33.4 Å². The molecule has 0 bridgehead atoms. The van der Waals surface area contributed by atoms with Crippen molar-refractivity contribution in [2.45, 2.75) is 18.9 Å². The summed E-state index contributed by atoms with van der Waals surface area (Å²) in [6.45, 7) is 2.80. The zero-order valence-electron chi connectivity index (χ0n) is 11.5. The van der Waals surface area contributed by atoms with Crippen LogP contribution < -0.4 is 4.74 Å². The van der Waals surface area contributed by atoms with Crippen molar-refractivity contribution in [2.24, 2.45) is 0 Å². The van der Waals surface area contributed by atoms with Gasteiger partial charge < -0.3 is 14.4 Å². The van der Waals surface area contributed by atoms with E-state index >= 15 is 0 Å². The van der Waals surface area contributed by atoms with E-state index < -0.39 is 0 Å². The lowest BCUT2D eigenvalue weighted by atomic mass is 10.0. The molecule has 0 saturated carbocycles. The number of Topliss-reactive ketones (excluding diaryl/α,β-unsaturated/α-hetero) is 1. The van der Waals surface area contributed by atoms with Gasteiger partial charge in [-0.15, -0.1) is 0 Å². The molecule has 108 valence electrons. The third kappa shape index (κ3) is 2.82. The lowest BCUT2D eigenvalue weighted by Gasteiger charge is -2.29. The first-order valence-corrected chi connectivity index (χ1v) is 7.28. The Hall–Kier alpha value is -1.10. The van der Waals surface area contributed by atoms with Gasteiger partial charge in [-0.05, 0) is 24.7 Å². The molecule has 1 fully saturated rings. The van der Waals surface area contributed by atoms with E-state index in [4.69, 9.17) is 21.1 Å². The topological polar surface area (TPSA) is 38.8 Å². The molecule has 1 aromatic rings. The highest BCUT2D eigenvalue weighted by Crippen LogP contribution is 2.33. The monoisotopic (exact) mass is 295 g/mol. The van der Waals surface area contributed by atoms with Crippen LogP contribution in [0, 0.1) is 0 Å². The minimum Gasteiger partial charge on any atom is -0.493 e. The molecule has 0 amide bonds. The number of fused-ring (bicyclic) bond motifs is 1. The van der Waals surface area contributed by atoms with Crippen molar-refractivity contribution < 1.29 is 14.3 Å². The van der Waals surface area contributed by atoms with Crippen molar-refractivity contribution in [1.82, 2.24) is 4.90 Å². The summed E-state index contributed by atoms with van der Waals surface area (Å²) in [4.78, 5) is 14.5. The maximum absolute atomic E-state index is 12.4. The van der Waals surface area contributed by atoms with Gasteiger partial charge in [0.1, 0.15) is 11.9 Å². The third-order valence-corrected chi connectivity index (χ3v) is 4.04. The van der Waals surface area contributed by atoms with Crippen molar-refractivity contribution in [1.29, 1.82) is 0 Å². The molecule has 5 heteroatoms. The number of rotatable bonds is 3. The van der Waals surface area contributed by atoms with Crippen molar-refractivity contribution in [3.8, 4) is 5.75 Å². The number of morpholine rings is 1. The number of halogens is 1. The molecule has 0 spiro atoms. The van der Waals surface area contributed by atoms with Crippen LogP contribution in [0.1, 0.15) is 11.1 Å². The molecule has 0 aromatic heterocycles. The Morgan fingerprint density at radius 3 is 3.10 bits per heavy atom. The Balaban J connectivity index is 1.76. The highest BCUT2D eigenvalue weighted by Gasteiger charge is 2.27. The van der Waals surface area contributed by atoms with Crippen LogP contribution >= 0.6 is 11.6 Å². The predicted octanol–water partition coefficient (Wildman–Crippen LogP) is 1.72. The number of carbonyl (C=O) groups excluding carboxylic acids is 1. The Morgan fingerprint density at radius 1 is 1.45 bits per heavy atom. The summed E-state index contributed by atoms with van der Waals surface area (Å²) in [5.41, 5.74) is 1.98. The number of benzene rings is 1. The van der Waals surface area contributed by atoms with Gasteiger partial charge in [0.25, 0.3) is 0 Å². The van der Waals surface area contributed by atoms with E-state index in [1.807, 2.05) is 19.2 Å². The first-order valence-electron chi connectivity index (χ1n) is 6.90. The second-order valence-corrected chi connectivity index (χ2v) is 5.85. The summed E-state index contributed by atoms with van der Waals surface area (Å²) in [6, 6.07) is 3.75. The highest BCUT2D eigenvalue weighted by atomic mass is 35.5. The number of likely N-dealkylation sites (N-methyl/N-ethyl adjacent to an activating group) is 1. The van der Waals surface area contributed by atoms with Crippen LogP contribution in [-0.2, 0) is 22.4 Å². The van der Waals surface area contributed by atoms with Crippen LogP contribution in [0.4, 0.5) is 0 Å². The van der Waals surface area contributed by atoms with Gasteiger partial charge in [0, 0.05) is 36.5 Å². The second kappa shape index (κ2) is 5.72. The molecular weight excluding hydrogens is 278 g/mol. The predicted molar refractivity (Wildman–Crippen MR) is 76.6 cm³/mol. The summed E-state index contributed by atoms with van der Waals surface area (Å²) in [7, 11) is 2.00. The van der Waals surface area contributed by atoms with E-state index in [0.717, 1.165) is 29.8 Å². The maximum atomic E-state index is 12.4. The van der Waals surface area contributed by atoms with Crippen LogP contribution in [0.3, 0.4) is 0 Å². The number of ether oxygens (including phenoxy) is 2. The second-order valence-electron chi connectivity index (χ2n) is 5.42. The van der Waals surface area contributed by atoms with Crippen LogP contribution in [0.15, 0.2) is 12.1 Å². The molecule has 1 unspecified atom stereocenters. The summed E-state index contributed by atoms with van der Waals surface area (Å²) < 4.78 is 11.2. The fourth-order valence-electron chi connectivity index (χ4n) is 2.75. The molecule has 1 aromatic carbocycles. The number of carbonyl (C=O) groups is 1. The minimum atomic E-state index is -0.343. The lowest BCUT2D eigenvalue weighted by molar-refractivity contribution is -0.134. The molecule has 1 saturated heterocycles. The summed E-state index contributed by atoms with van der Waals surface area (Å²) in [5, 5.41) is 0.665. The number of hydrogen-bond acceptors (Lipinski definition) is 4. The minimum absolute atomic E-state index is 0.0940. The lowest BCUT2D eigenvalue weighted by Crippen LogP contribution is -2.44. The van der Waals surface area contributed by atoms with Crippen molar-refractivity contribution in [3.63, 3.8) is 0 Å². The Labute approximate surface area is 123 Å². The zero-order chi connectivity index (χ0) is 14.1. The molecule has 0 radical (unpaired) electrons. The molecule has 20 heavy (non-hydrogen) atoms. The smallest absolute Gasteiger partial charge is 0.167 e. The fraction of sp³-hybridized carbons (Fsp3) is 0.533. The van der Waals surface area contributed by atoms with Gasteiger partial charge >= 0.3 is 0 Å². The molecule has 3 rings (SSSR count). The van der Waals surface area contributed by atoms with Crippen molar-refractivity contribution in [3.05, 3.63) is 28.3 Å². The molecule has 2 aliphatic heterocycles. The highest BCUT2D eigenvalue weighted by molar-refractivity contribution is 6.30. The molecule has 2 heterocycles. The average Bonchev–Trinajstić information content (AvgIpc) is 2.86. The van der Waals surface area contributed by atoms with Gasteiger partial charge in [0.15, 0.2) is 5.78 Å². The summed E-state index contributed by atoms with van der Waals surface area (Å²) in [6.07, 6.45) is 0.839. The Bertz CT molecular complexity index is 532. The van der Waals surface area contributed by atoms with Gasteiger partial charge in [0.05, 0.1) is 13.2 Å². The van der Waals surface area contributed by atoms with Gasteiger partial charge in [-0.2, -0.15) is 0 Å². The normalized spacial score (nSPS) is 22.4. The molecule has 0 aliphatic carbocycles. The van der Waals surface area contributed by atoms with Crippen LogP contribution in [0.2, 0.25) is 5.02 Å². The van der Waals surface area contributed by atoms with E-state index in [9.17, 15) is 4.79 Å². The SMILES string of the molecule is CN1CCOC(C(=O)Cc2cc(Cl)cc3c2OCC3)C1. The number of nitrogens with zero attached hydrogens (tertiary/aromatic N) is 1. The first kappa shape index (κ1) is 13.9. The quantitative estimate of drug-likeness (QED) is 0.851. The zero-order valence-corrected chi connectivity index (χ0v) is 12.3. The van der Waals surface area contributed by atoms with E-state index in [2.05, 4.69) is 4.90 Å². The van der Waals surface area contributed by atoms with Gasteiger partial charge in [-0.1, -0.05) is 11.6 Å². The maximum Gasteiger partial charge on any atom is 0.167 e. The van der Waals surface area contributed by atoms with Gasteiger partial charge in [-0.3, -0.25) is 4.79 Å². The van der Waals surface area contributed by atoms with E-state index in [1.54, 1.807) is 0 Å². The van der Waals surface area contributed by atoms with Gasteiger partial charge in [0.2, 0.25) is 0 Å². The molecular formula is C15H18ClNO3. The van der Waals surface area contributed by atoms with Crippen molar-refractivity contribution >= 4 is 17.4 Å². The summed E-state index contributed by atoms with van der Waals surface area (Å²) in [5.74, 6) is 0.934. The van der Waals surface area contributed by atoms with Gasteiger partial charge in [-0.25, -0.2) is 0 Å². The van der Waals surface area contributed by atoms with Crippen LogP contribution in [0.25, 0.3) is 0 Å². The molecule has 1 atom stereocenters. The first-order chi connectivity index (χ1) is 9.63. The van der Waals surface area contributed by atoms with Crippen LogP contribution in [0.5, 0.6) is 5.75 Å². The fourth-order valence-corrected chi connectivity index (χ4v) is 3.01. The largest absolute Gasteiger partial charge is 0.493 e. The van der Waals surface area contributed by atoms with Crippen LogP contribution in [-0.4, -0.2) is 50.1 Å². The number of ketones is 1.